The highest BCUT2D eigenvalue weighted by Gasteiger charge is 2.11. The first-order valence-electron chi connectivity index (χ1n) is 9.41. The number of nitrogens with zero attached hydrogens (tertiary/aromatic N) is 1. The Bertz CT molecular complexity index is 827. The second kappa shape index (κ2) is 9.94. The smallest absolute Gasteiger partial charge is 0.196 e. The van der Waals surface area contributed by atoms with Crippen LogP contribution in [-0.2, 0) is 17.9 Å². The van der Waals surface area contributed by atoms with Gasteiger partial charge in [0.15, 0.2) is 17.5 Å². The number of guanidine groups is 1. The predicted octanol–water partition coefficient (Wildman–Crippen LogP) is 3.71. The van der Waals surface area contributed by atoms with Crippen LogP contribution in [-0.4, -0.2) is 32.8 Å². The second-order valence-electron chi connectivity index (χ2n) is 6.39. The van der Waals surface area contributed by atoms with Gasteiger partial charge < -0.3 is 24.8 Å². The van der Waals surface area contributed by atoms with Crippen molar-refractivity contribution in [2.45, 2.75) is 26.5 Å². The van der Waals surface area contributed by atoms with E-state index >= 15 is 0 Å². The van der Waals surface area contributed by atoms with Crippen molar-refractivity contribution in [3.8, 4) is 11.5 Å². The molecular weight excluding hydrogens is 361 g/mol. The number of ether oxygens (including phenoxy) is 3. The molecule has 0 atom stereocenters. The summed E-state index contributed by atoms with van der Waals surface area (Å²) in [5, 5.41) is 6.49. The third-order valence-electron chi connectivity index (χ3n) is 4.18. The molecule has 0 amide bonds. The van der Waals surface area contributed by atoms with Crippen molar-refractivity contribution in [2.75, 3.05) is 32.2 Å². The lowest BCUT2D eigenvalue weighted by atomic mass is 10.1. The van der Waals surface area contributed by atoms with Gasteiger partial charge in [-0.3, -0.25) is 0 Å². The van der Waals surface area contributed by atoms with Gasteiger partial charge in [-0.25, -0.2) is 9.38 Å². The topological polar surface area (TPSA) is 64.1 Å². The van der Waals surface area contributed by atoms with Crippen molar-refractivity contribution in [1.29, 1.82) is 0 Å². The van der Waals surface area contributed by atoms with E-state index in [4.69, 9.17) is 14.2 Å². The summed E-state index contributed by atoms with van der Waals surface area (Å²) in [5.41, 5.74) is 2.28. The number of halogens is 1. The highest BCUT2D eigenvalue weighted by Crippen LogP contribution is 2.32. The van der Waals surface area contributed by atoms with Gasteiger partial charge in [0.2, 0.25) is 0 Å². The molecule has 28 heavy (non-hydrogen) atoms. The fourth-order valence-electron chi connectivity index (χ4n) is 2.85. The molecule has 6 nitrogen and oxygen atoms in total. The summed E-state index contributed by atoms with van der Waals surface area (Å²) in [4.78, 5) is 4.60. The summed E-state index contributed by atoms with van der Waals surface area (Å²) < 4.78 is 30.2. The number of rotatable bonds is 6. The third-order valence-corrected chi connectivity index (χ3v) is 4.18. The molecule has 0 spiro atoms. The molecule has 0 aliphatic carbocycles. The predicted molar refractivity (Wildman–Crippen MR) is 108 cm³/mol. The maximum Gasteiger partial charge on any atom is 0.196 e. The molecule has 0 aromatic heterocycles. The second-order valence-corrected chi connectivity index (χ2v) is 6.39. The Morgan fingerprint density at radius 3 is 2.75 bits per heavy atom. The third kappa shape index (κ3) is 5.36. The Labute approximate surface area is 164 Å². The molecular formula is C21H26FN3O3. The van der Waals surface area contributed by atoms with Crippen molar-refractivity contribution in [2.24, 2.45) is 4.99 Å². The Hall–Kier alpha value is -2.80. The van der Waals surface area contributed by atoms with Gasteiger partial charge in [-0.2, -0.15) is 0 Å². The van der Waals surface area contributed by atoms with Gasteiger partial charge in [-0.15, -0.1) is 0 Å². The van der Waals surface area contributed by atoms with Gasteiger partial charge in [-0.05, 0) is 36.8 Å². The van der Waals surface area contributed by atoms with Gasteiger partial charge >= 0.3 is 0 Å². The monoisotopic (exact) mass is 387 g/mol. The maximum absolute atomic E-state index is 13.8. The summed E-state index contributed by atoms with van der Waals surface area (Å²) in [6, 6.07) is 10.7. The molecule has 7 heteroatoms. The number of benzene rings is 2. The Morgan fingerprint density at radius 1 is 1.14 bits per heavy atom. The Balaban J connectivity index is 1.73. The van der Waals surface area contributed by atoms with Gasteiger partial charge in [0.05, 0.1) is 26.4 Å². The van der Waals surface area contributed by atoms with Crippen molar-refractivity contribution in [1.82, 2.24) is 5.32 Å². The molecule has 0 radical (unpaired) electrons. The van der Waals surface area contributed by atoms with Crippen LogP contribution in [0.5, 0.6) is 11.5 Å². The van der Waals surface area contributed by atoms with Crippen LogP contribution >= 0.6 is 0 Å². The van der Waals surface area contributed by atoms with E-state index in [1.165, 1.54) is 6.07 Å². The number of hydrogen-bond donors (Lipinski definition) is 2. The summed E-state index contributed by atoms with van der Waals surface area (Å²) in [6.07, 6.45) is 0.865. The van der Waals surface area contributed by atoms with Gasteiger partial charge in [-0.1, -0.05) is 6.07 Å². The molecule has 1 aliphatic rings. The molecule has 1 heterocycles. The molecule has 0 unspecified atom stereocenters. The maximum atomic E-state index is 13.8. The largest absolute Gasteiger partial charge is 0.490 e. The molecule has 0 fully saturated rings. The minimum absolute atomic E-state index is 0.235. The van der Waals surface area contributed by atoms with Crippen LogP contribution in [0.4, 0.5) is 10.1 Å². The highest BCUT2D eigenvalue weighted by molar-refractivity contribution is 5.93. The van der Waals surface area contributed by atoms with Gasteiger partial charge in [0.25, 0.3) is 0 Å². The van der Waals surface area contributed by atoms with Crippen LogP contribution in [0.1, 0.15) is 24.5 Å². The summed E-state index contributed by atoms with van der Waals surface area (Å²) in [7, 11) is 1.55. The summed E-state index contributed by atoms with van der Waals surface area (Å²) >= 11 is 0. The van der Waals surface area contributed by atoms with E-state index in [1.807, 2.05) is 25.1 Å². The lowest BCUT2D eigenvalue weighted by Gasteiger charge is -2.14. The minimum atomic E-state index is -0.271. The first-order chi connectivity index (χ1) is 13.7. The van der Waals surface area contributed by atoms with Gasteiger partial charge in [0.1, 0.15) is 5.82 Å². The molecule has 0 saturated heterocycles. The first-order valence-corrected chi connectivity index (χ1v) is 9.41. The van der Waals surface area contributed by atoms with Gasteiger partial charge in [0, 0.05) is 37.4 Å². The fraction of sp³-hybridized carbons (Fsp3) is 0.381. The molecule has 2 aromatic carbocycles. The lowest BCUT2D eigenvalue weighted by molar-refractivity contribution is 0.181. The van der Waals surface area contributed by atoms with E-state index in [9.17, 15) is 4.39 Å². The van der Waals surface area contributed by atoms with Crippen molar-refractivity contribution in [3.05, 3.63) is 53.3 Å². The van der Waals surface area contributed by atoms with E-state index < -0.39 is 0 Å². The molecule has 150 valence electrons. The molecule has 0 saturated carbocycles. The molecule has 2 N–H and O–H groups in total. The minimum Gasteiger partial charge on any atom is -0.490 e. The highest BCUT2D eigenvalue weighted by atomic mass is 19.1. The number of nitrogens with one attached hydrogen (secondary N) is 2. The van der Waals surface area contributed by atoms with E-state index in [2.05, 4.69) is 15.6 Å². The van der Waals surface area contributed by atoms with Crippen molar-refractivity contribution in [3.63, 3.8) is 0 Å². The van der Waals surface area contributed by atoms with Crippen LogP contribution in [0.2, 0.25) is 0 Å². The Morgan fingerprint density at radius 2 is 1.96 bits per heavy atom. The van der Waals surface area contributed by atoms with Crippen molar-refractivity contribution < 1.29 is 18.6 Å². The standard InChI is InChI=1S/C21H26FN3O3/c1-3-23-21(24-13-15-5-7-18(22)16(11-15)14-26-2)25-17-6-8-19-20(12-17)28-10-4-9-27-19/h5-8,11-12H,3-4,9-10,13-14H2,1-2H3,(H2,23,24,25). The molecule has 3 rings (SSSR count). The van der Waals surface area contributed by atoms with Crippen LogP contribution in [0.3, 0.4) is 0 Å². The lowest BCUT2D eigenvalue weighted by Crippen LogP contribution is -2.30. The van der Waals surface area contributed by atoms with Crippen LogP contribution in [0.25, 0.3) is 0 Å². The summed E-state index contributed by atoms with van der Waals surface area (Å²) in [5.74, 6) is 1.84. The summed E-state index contributed by atoms with van der Waals surface area (Å²) in [6.45, 7) is 4.66. The number of fused-ring (bicyclic) bond motifs is 1. The average molecular weight is 387 g/mol. The SMILES string of the molecule is CCNC(=NCc1ccc(F)c(COC)c1)Nc1ccc2c(c1)OCCCO2. The van der Waals surface area contributed by atoms with E-state index in [0.29, 0.717) is 37.8 Å². The molecule has 2 aromatic rings. The first kappa shape index (κ1) is 19.9. The van der Waals surface area contributed by atoms with E-state index in [-0.39, 0.29) is 12.4 Å². The fourth-order valence-corrected chi connectivity index (χ4v) is 2.85. The van der Waals surface area contributed by atoms with E-state index in [0.717, 1.165) is 29.2 Å². The zero-order chi connectivity index (χ0) is 19.8. The Kier molecular flexibility index (Phi) is 7.08. The number of hydrogen-bond acceptors (Lipinski definition) is 4. The zero-order valence-electron chi connectivity index (χ0n) is 16.3. The normalized spacial score (nSPS) is 13.8. The number of anilines is 1. The van der Waals surface area contributed by atoms with Crippen LogP contribution < -0.4 is 20.1 Å². The number of aliphatic imine (C=N–C) groups is 1. The van der Waals surface area contributed by atoms with Crippen LogP contribution in [0, 0.1) is 5.82 Å². The average Bonchev–Trinajstić information content (AvgIpc) is 2.94. The molecule has 1 aliphatic heterocycles. The van der Waals surface area contributed by atoms with Crippen LogP contribution in [0.15, 0.2) is 41.4 Å². The number of methoxy groups -OCH3 is 1. The zero-order valence-corrected chi connectivity index (χ0v) is 16.3. The quantitative estimate of drug-likeness (QED) is 0.584. The van der Waals surface area contributed by atoms with Crippen molar-refractivity contribution >= 4 is 11.6 Å². The molecule has 0 bridgehead atoms. The van der Waals surface area contributed by atoms with E-state index in [1.54, 1.807) is 19.2 Å².